The van der Waals surface area contributed by atoms with Crippen LogP contribution in [0.15, 0.2) is 0 Å². The Labute approximate surface area is 90.2 Å². The maximum Gasteiger partial charge on any atom is 0.0963 e. The molecule has 2 unspecified atom stereocenters. The van der Waals surface area contributed by atoms with E-state index in [0.717, 1.165) is 10.8 Å². The van der Waals surface area contributed by atoms with Crippen LogP contribution in [0.4, 0.5) is 0 Å². The van der Waals surface area contributed by atoms with Crippen molar-refractivity contribution in [1.82, 2.24) is 0 Å². The number of alkyl halides is 2. The molecule has 1 nitrogen and oxygen atoms in total. The normalized spacial score (nSPS) is 17.4. The van der Waals surface area contributed by atoms with E-state index >= 15 is 0 Å². The fraction of sp³-hybridized carbons (Fsp3) is 1.00. The maximum atomic E-state index is 11.2. The molecule has 0 fully saturated rings. The number of hydrogen-bond donors (Lipinski definition) is 0. The molecule has 1 radical (unpaired) electrons. The molecule has 10 heavy (non-hydrogen) atoms. The second-order valence-corrected chi connectivity index (χ2v) is 5.41. The van der Waals surface area contributed by atoms with Crippen molar-refractivity contribution in [2.45, 2.75) is 30.3 Å². The smallest absolute Gasteiger partial charge is 0.0963 e. The van der Waals surface area contributed by atoms with Gasteiger partial charge in [0.25, 0.3) is 0 Å². The average molecular weight is 367 g/mol. The predicted molar refractivity (Wildman–Crippen MR) is 60.6 cm³/mol. The highest BCUT2D eigenvalue weighted by atomic mass is 127. The summed E-state index contributed by atoms with van der Waals surface area (Å²) in [4.78, 5) is 0. The topological polar surface area (TPSA) is 19.9 Å². The van der Waals surface area contributed by atoms with E-state index in [1.54, 1.807) is 0 Å². The number of hydrogen-bond acceptors (Lipinski definition) is 0. The molecule has 0 aromatic heterocycles. The van der Waals surface area contributed by atoms with Gasteiger partial charge in [-0.1, -0.05) is 59.0 Å². The van der Waals surface area contributed by atoms with Gasteiger partial charge in [-0.25, -0.2) is 5.11 Å². The lowest BCUT2D eigenvalue weighted by molar-refractivity contribution is 0.0445. The first kappa shape index (κ1) is 11.4. The van der Waals surface area contributed by atoms with Crippen LogP contribution >= 0.6 is 45.2 Å². The minimum atomic E-state index is -0.364. The van der Waals surface area contributed by atoms with E-state index in [2.05, 4.69) is 45.2 Å². The Bertz CT molecular complexity index is 85.7. The van der Waals surface area contributed by atoms with Gasteiger partial charge < -0.3 is 0 Å². The molecule has 0 aromatic carbocycles. The van der Waals surface area contributed by atoms with Gasteiger partial charge in [-0.15, -0.1) is 0 Å². The monoisotopic (exact) mass is 367 g/mol. The largest absolute Gasteiger partial charge is 0.233 e. The fourth-order valence-electron chi connectivity index (χ4n) is 0.587. The van der Waals surface area contributed by atoms with Crippen molar-refractivity contribution in [2.75, 3.05) is 4.43 Å². The third kappa shape index (κ3) is 5.12. The third-order valence-corrected chi connectivity index (χ3v) is 5.10. The van der Waals surface area contributed by atoms with Crippen molar-refractivity contribution in [1.29, 1.82) is 0 Å². The Hall–Kier alpha value is 1.42. The summed E-state index contributed by atoms with van der Waals surface area (Å²) >= 11 is 4.67. The van der Waals surface area contributed by atoms with Crippen LogP contribution in [0.1, 0.15) is 20.3 Å². The molecule has 0 rings (SSSR count). The molecule has 0 bridgehead atoms. The second kappa shape index (κ2) is 5.99. The fourth-order valence-corrected chi connectivity index (χ4v) is 1.45. The van der Waals surface area contributed by atoms with Crippen LogP contribution in [0.3, 0.4) is 0 Å². The Kier molecular flexibility index (Phi) is 6.85. The van der Waals surface area contributed by atoms with Crippen molar-refractivity contribution < 1.29 is 5.11 Å². The van der Waals surface area contributed by atoms with Crippen LogP contribution in [-0.4, -0.2) is 14.5 Å². The number of rotatable bonds is 4. The molecule has 0 saturated carbocycles. The van der Waals surface area contributed by atoms with Gasteiger partial charge >= 0.3 is 0 Å². The molecular weight excluding hydrogens is 354 g/mol. The summed E-state index contributed by atoms with van der Waals surface area (Å²) in [6, 6.07) is 0. The highest BCUT2D eigenvalue weighted by Crippen LogP contribution is 2.16. The summed E-state index contributed by atoms with van der Waals surface area (Å²) < 4.78 is 1.65. The second-order valence-electron chi connectivity index (χ2n) is 2.77. The lowest BCUT2D eigenvalue weighted by Gasteiger charge is -2.13. The first-order valence-corrected chi connectivity index (χ1v) is 6.21. The van der Waals surface area contributed by atoms with Gasteiger partial charge in [-0.3, -0.25) is 0 Å². The molecule has 0 spiro atoms. The summed E-state index contributed by atoms with van der Waals surface area (Å²) in [5, 5.41) is 11.2. The summed E-state index contributed by atoms with van der Waals surface area (Å²) in [5.41, 5.74) is 0. The molecule has 0 aliphatic heterocycles. The van der Waals surface area contributed by atoms with Crippen LogP contribution < -0.4 is 0 Å². The zero-order valence-corrected chi connectivity index (χ0v) is 10.6. The summed E-state index contributed by atoms with van der Waals surface area (Å²) in [6.45, 7) is 3.99. The van der Waals surface area contributed by atoms with E-state index in [9.17, 15) is 5.11 Å². The Morgan fingerprint density at radius 2 is 1.90 bits per heavy atom. The zero-order valence-electron chi connectivity index (χ0n) is 6.31. The van der Waals surface area contributed by atoms with Gasteiger partial charge in [-0.2, -0.15) is 0 Å². The standard InChI is InChI=1S/C7H13I2O/c1-5(2)7(10)3-6(9)4-8/h5-7H,3-4H2,1-2H3. The van der Waals surface area contributed by atoms with Gasteiger partial charge in [0, 0.05) is 8.35 Å². The van der Waals surface area contributed by atoms with Crippen LogP contribution in [0, 0.1) is 5.92 Å². The SMILES string of the molecule is CC(C)C([O])CC(I)CI. The van der Waals surface area contributed by atoms with E-state index in [1.807, 2.05) is 13.8 Å². The first-order chi connectivity index (χ1) is 4.57. The van der Waals surface area contributed by atoms with Crippen LogP contribution in [0.5, 0.6) is 0 Å². The van der Waals surface area contributed by atoms with Crippen LogP contribution in [0.2, 0.25) is 0 Å². The Morgan fingerprint density at radius 1 is 1.40 bits per heavy atom. The van der Waals surface area contributed by atoms with E-state index in [0.29, 0.717) is 9.84 Å². The van der Waals surface area contributed by atoms with Crippen LogP contribution in [-0.2, 0) is 5.11 Å². The van der Waals surface area contributed by atoms with E-state index in [-0.39, 0.29) is 6.10 Å². The molecule has 0 aromatic rings. The molecule has 3 heteroatoms. The van der Waals surface area contributed by atoms with Crippen molar-refractivity contribution in [2.24, 2.45) is 5.92 Å². The van der Waals surface area contributed by atoms with Gasteiger partial charge in [0.15, 0.2) is 0 Å². The minimum Gasteiger partial charge on any atom is -0.233 e. The first-order valence-electron chi connectivity index (χ1n) is 3.43. The van der Waals surface area contributed by atoms with E-state index in [4.69, 9.17) is 0 Å². The Morgan fingerprint density at radius 3 is 2.20 bits per heavy atom. The average Bonchev–Trinajstić information content (AvgIpc) is 1.87. The summed E-state index contributed by atoms with van der Waals surface area (Å²) in [6.07, 6.45) is 0.456. The van der Waals surface area contributed by atoms with Gasteiger partial charge in [-0.05, 0) is 12.3 Å². The van der Waals surface area contributed by atoms with Crippen LogP contribution in [0.25, 0.3) is 0 Å². The van der Waals surface area contributed by atoms with Crippen molar-refractivity contribution in [3.63, 3.8) is 0 Å². The molecule has 0 amide bonds. The summed E-state index contributed by atoms with van der Waals surface area (Å²) in [5.74, 6) is 0.292. The lowest BCUT2D eigenvalue weighted by Crippen LogP contribution is -2.18. The van der Waals surface area contributed by atoms with E-state index in [1.165, 1.54) is 0 Å². The summed E-state index contributed by atoms with van der Waals surface area (Å²) in [7, 11) is 0. The molecule has 0 heterocycles. The molecule has 61 valence electrons. The van der Waals surface area contributed by atoms with Crippen molar-refractivity contribution in [3.05, 3.63) is 0 Å². The highest BCUT2D eigenvalue weighted by molar-refractivity contribution is 14.1. The van der Waals surface area contributed by atoms with Crippen molar-refractivity contribution >= 4 is 45.2 Å². The van der Waals surface area contributed by atoms with Gasteiger partial charge in [0.1, 0.15) is 0 Å². The zero-order chi connectivity index (χ0) is 8.15. The van der Waals surface area contributed by atoms with Gasteiger partial charge in [0.2, 0.25) is 0 Å². The third-order valence-electron chi connectivity index (χ3n) is 1.40. The quantitative estimate of drug-likeness (QED) is 0.538. The van der Waals surface area contributed by atoms with E-state index < -0.39 is 0 Å². The maximum absolute atomic E-state index is 11.2. The minimum absolute atomic E-state index is 0.292. The molecule has 2 atom stereocenters. The predicted octanol–water partition coefficient (Wildman–Crippen LogP) is 3.07. The molecular formula is C7H13I2O. The van der Waals surface area contributed by atoms with Gasteiger partial charge in [0.05, 0.1) is 6.10 Å². The molecule has 0 aliphatic carbocycles. The molecule has 0 N–H and O–H groups in total. The Balaban J connectivity index is 3.46. The number of halogens is 2. The highest BCUT2D eigenvalue weighted by Gasteiger charge is 2.15. The van der Waals surface area contributed by atoms with Crippen molar-refractivity contribution in [3.8, 4) is 0 Å². The lowest BCUT2D eigenvalue weighted by atomic mass is 10.0. The molecule has 0 saturated heterocycles. The molecule has 0 aliphatic rings.